The quantitative estimate of drug-likeness (QED) is 0.274. The van der Waals surface area contributed by atoms with E-state index in [1.807, 2.05) is 59.4 Å². The molecule has 1 fully saturated rings. The summed E-state index contributed by atoms with van der Waals surface area (Å²) in [7, 11) is 0. The molecule has 1 aliphatic heterocycles. The maximum Gasteiger partial charge on any atom is 1.00 e. The molecule has 1 aliphatic rings. The van der Waals surface area contributed by atoms with Gasteiger partial charge >= 0.3 is 24.8 Å². The summed E-state index contributed by atoms with van der Waals surface area (Å²) < 4.78 is 13.4. The predicted molar refractivity (Wildman–Crippen MR) is 149 cm³/mol. The van der Waals surface area contributed by atoms with Gasteiger partial charge in [-0.15, -0.1) is 0 Å². The number of aromatic nitrogens is 4. The van der Waals surface area contributed by atoms with Crippen molar-refractivity contribution in [3.05, 3.63) is 108 Å². The van der Waals surface area contributed by atoms with Crippen LogP contribution in [-0.2, 0) is 29.2 Å². The second kappa shape index (κ2) is 19.4. The van der Waals surface area contributed by atoms with E-state index in [9.17, 15) is 4.79 Å². The van der Waals surface area contributed by atoms with Crippen LogP contribution in [0.2, 0.25) is 0 Å². The van der Waals surface area contributed by atoms with Crippen molar-refractivity contribution in [2.24, 2.45) is 0 Å². The first-order valence-corrected chi connectivity index (χ1v) is 12.1. The average molecular weight is 529 g/mol. The molecule has 2 aromatic heterocycles. The van der Waals surface area contributed by atoms with Crippen molar-refractivity contribution in [2.45, 2.75) is 39.5 Å². The van der Waals surface area contributed by atoms with Crippen LogP contribution in [0.15, 0.2) is 85.5 Å². The van der Waals surface area contributed by atoms with Crippen molar-refractivity contribution in [1.82, 2.24) is 19.6 Å². The Bertz CT molecular complexity index is 1150. The monoisotopic (exact) mass is 528 g/mol. The number of ether oxygens (including phenoxy) is 2. The maximum atomic E-state index is 11.4. The number of esters is 1. The van der Waals surface area contributed by atoms with Crippen LogP contribution in [0.5, 0.6) is 0 Å². The maximum absolute atomic E-state index is 11.4. The molecule has 198 valence electrons. The van der Waals surface area contributed by atoms with E-state index in [-0.39, 0.29) is 50.2 Å². The van der Waals surface area contributed by atoms with Crippen molar-refractivity contribution in [1.29, 1.82) is 0 Å². The Balaban J connectivity index is 0.000000595. The van der Waals surface area contributed by atoms with Crippen molar-refractivity contribution in [2.75, 3.05) is 19.8 Å². The predicted octanol–water partition coefficient (Wildman–Crippen LogP) is 0.261. The number of rotatable bonds is 7. The van der Waals surface area contributed by atoms with Crippen molar-refractivity contribution in [3.8, 4) is 0 Å². The van der Waals surface area contributed by atoms with Gasteiger partial charge in [0.1, 0.15) is 0 Å². The molecule has 0 aliphatic carbocycles. The Morgan fingerprint density at radius 1 is 0.895 bits per heavy atom. The molecule has 0 saturated carbocycles. The van der Waals surface area contributed by atoms with Crippen molar-refractivity contribution in [3.63, 3.8) is 0 Å². The normalized spacial score (nSPS) is 11.5. The molecule has 0 unspecified atom stereocenters. The number of hydrogen-bond acceptors (Lipinski definition) is 6. The zero-order valence-electron chi connectivity index (χ0n) is 22.7. The molecule has 0 atom stereocenters. The van der Waals surface area contributed by atoms with Crippen LogP contribution < -0.4 is 18.9 Å². The molecule has 0 radical (unpaired) electrons. The molecule has 0 bridgehead atoms. The summed E-state index contributed by atoms with van der Waals surface area (Å²) in [6, 6.07) is 20.1. The largest absolute Gasteiger partial charge is 1.00 e. The van der Waals surface area contributed by atoms with Crippen LogP contribution in [-0.4, -0.2) is 67.8 Å². The fraction of sp³-hybridized carbons (Fsp3) is 0.321. The van der Waals surface area contributed by atoms with E-state index >= 15 is 0 Å². The van der Waals surface area contributed by atoms with Gasteiger partial charge in [-0.05, 0) is 30.9 Å². The summed E-state index contributed by atoms with van der Waals surface area (Å²) in [6.45, 7) is 5.62. The third-order valence-corrected chi connectivity index (χ3v) is 5.22. The van der Waals surface area contributed by atoms with Crippen LogP contribution in [0.25, 0.3) is 0 Å². The molecule has 0 spiro atoms. The summed E-state index contributed by atoms with van der Waals surface area (Å²) >= 11 is 0. The molecule has 2 aromatic carbocycles. The summed E-state index contributed by atoms with van der Waals surface area (Å²) in [6.07, 6.45) is 9.32. The topological polar surface area (TPSA) is 91.4 Å². The van der Waals surface area contributed by atoms with Crippen LogP contribution >= 0.6 is 0 Å². The standard InChI is InChI=1S/C13H14N2O2.C11H12N2O.C4H8O.Al.Li.4H/c1-2-17-13(16)12-8-14-15(10-12)9-11-6-4-3-5-7-11;14-9-11-6-12-13(8-11)7-10-4-2-1-3-5-10;1-2-4-5-3-1;;;;;;/h3-8,10H,2,9H2,1H3;1-6,8,14H,7,9H2;1-4H2;;;;;;/q;;;;+1;;;;-1. The van der Waals surface area contributed by atoms with Gasteiger partial charge in [-0.3, -0.25) is 9.36 Å². The van der Waals surface area contributed by atoms with E-state index in [4.69, 9.17) is 14.6 Å². The van der Waals surface area contributed by atoms with Gasteiger partial charge in [0.05, 0.1) is 44.3 Å². The van der Waals surface area contributed by atoms with Crippen molar-refractivity contribution >= 4 is 23.3 Å². The van der Waals surface area contributed by atoms with E-state index in [0.29, 0.717) is 18.7 Å². The number of aliphatic hydroxyl groups is 1. The zero-order chi connectivity index (χ0) is 25.4. The molecule has 38 heavy (non-hydrogen) atoms. The van der Waals surface area contributed by atoms with E-state index in [1.54, 1.807) is 24.0 Å². The molecule has 3 heterocycles. The van der Waals surface area contributed by atoms with Gasteiger partial charge in [0.2, 0.25) is 0 Å². The minimum atomic E-state index is -0.327. The fourth-order valence-corrected chi connectivity index (χ4v) is 3.40. The van der Waals surface area contributed by atoms with Crippen LogP contribution in [0.3, 0.4) is 0 Å². The van der Waals surface area contributed by atoms with Gasteiger partial charge in [-0.25, -0.2) is 4.79 Å². The fourth-order valence-electron chi connectivity index (χ4n) is 3.40. The molecule has 0 amide bonds. The van der Waals surface area contributed by atoms with E-state index in [2.05, 4.69) is 22.3 Å². The third kappa shape index (κ3) is 12.3. The Morgan fingerprint density at radius 2 is 1.42 bits per heavy atom. The summed E-state index contributed by atoms with van der Waals surface area (Å²) in [4.78, 5) is 11.4. The second-order valence-corrected chi connectivity index (χ2v) is 8.14. The van der Waals surface area contributed by atoms with Crippen molar-refractivity contribution < 1.29 is 39.7 Å². The van der Waals surface area contributed by atoms with E-state index in [0.717, 1.165) is 30.9 Å². The number of aliphatic hydroxyl groups excluding tert-OH is 1. The summed E-state index contributed by atoms with van der Waals surface area (Å²) in [5.41, 5.74) is 3.69. The van der Waals surface area contributed by atoms with Gasteiger partial charge in [0.15, 0.2) is 17.4 Å². The van der Waals surface area contributed by atoms with Gasteiger partial charge in [-0.1, -0.05) is 60.7 Å². The molecule has 8 nitrogen and oxygen atoms in total. The van der Waals surface area contributed by atoms with Crippen LogP contribution in [0, 0.1) is 0 Å². The number of nitrogens with zero attached hydrogens (tertiary/aromatic N) is 4. The second-order valence-electron chi connectivity index (χ2n) is 8.14. The van der Waals surface area contributed by atoms with Gasteiger partial charge in [0, 0.05) is 31.2 Å². The van der Waals surface area contributed by atoms with Crippen LogP contribution in [0.1, 0.15) is 48.2 Å². The van der Waals surface area contributed by atoms with Gasteiger partial charge in [0.25, 0.3) is 0 Å². The van der Waals surface area contributed by atoms with Gasteiger partial charge in [-0.2, -0.15) is 10.2 Å². The smallest absolute Gasteiger partial charge is 1.00 e. The molecule has 1 saturated heterocycles. The average Bonchev–Trinajstić information content (AvgIpc) is 3.70. The first-order chi connectivity index (χ1) is 17.7. The summed E-state index contributed by atoms with van der Waals surface area (Å²) in [5, 5.41) is 17.1. The van der Waals surface area contributed by atoms with E-state index in [1.165, 1.54) is 24.6 Å². The number of carbonyl (C=O) groups is 1. The Labute approximate surface area is 248 Å². The minimum absolute atomic E-state index is 0. The Kier molecular flexibility index (Phi) is 17.1. The van der Waals surface area contributed by atoms with E-state index < -0.39 is 0 Å². The first kappa shape index (κ1) is 33.4. The third-order valence-electron chi connectivity index (χ3n) is 5.22. The zero-order valence-corrected chi connectivity index (χ0v) is 21.7. The number of hydrogen-bond donors (Lipinski definition) is 1. The molecular weight excluding hydrogens is 490 g/mol. The molecular formula is C28H38AlLiN4O4. The minimum Gasteiger partial charge on any atom is -1.00 e. The molecule has 4 aromatic rings. The molecule has 1 N–H and O–H groups in total. The number of carbonyl (C=O) groups excluding carboxylic acids is 1. The SMILES string of the molecule is C1CCOC1.CCOC(=O)c1cnn(Cc2ccccc2)c1.OCc1cnn(Cc2ccccc2)c1.[AlH3].[H-].[Li+]. The Hall–Kier alpha value is -2.62. The summed E-state index contributed by atoms with van der Waals surface area (Å²) in [5.74, 6) is -0.327. The number of benzene rings is 2. The molecule has 5 rings (SSSR count). The molecule has 10 heteroatoms. The van der Waals surface area contributed by atoms with Crippen LogP contribution in [0.4, 0.5) is 0 Å². The Morgan fingerprint density at radius 3 is 1.87 bits per heavy atom. The first-order valence-electron chi connectivity index (χ1n) is 12.1. The van der Waals surface area contributed by atoms with Gasteiger partial charge < -0.3 is 16.0 Å².